The minimum Gasteiger partial charge on any atom is -0.460 e. The molecule has 3 rings (SSSR count). The van der Waals surface area contributed by atoms with Crippen LogP contribution in [-0.2, 0) is 9.53 Å². The van der Waals surface area contributed by atoms with Crippen LogP contribution in [0.3, 0.4) is 0 Å². The predicted molar refractivity (Wildman–Crippen MR) is 83.1 cm³/mol. The Hall–Kier alpha value is -0.610. The zero-order valence-corrected chi connectivity index (χ0v) is 14.0. The molecule has 1 heterocycles. The summed E-state index contributed by atoms with van der Waals surface area (Å²) in [7, 11) is 0. The fourth-order valence-electron chi connectivity index (χ4n) is 5.37. The summed E-state index contributed by atoms with van der Waals surface area (Å²) >= 11 is 0. The van der Waals surface area contributed by atoms with Gasteiger partial charge in [0, 0.05) is 6.42 Å². The second-order valence-corrected chi connectivity index (χ2v) is 8.46. The van der Waals surface area contributed by atoms with E-state index >= 15 is 0 Å². The van der Waals surface area contributed by atoms with E-state index < -0.39 is 11.6 Å². The largest absolute Gasteiger partial charge is 0.460 e. The number of carbonyl (C=O) groups is 1. The highest BCUT2D eigenvalue weighted by molar-refractivity contribution is 5.80. The molecule has 4 nitrogen and oxygen atoms in total. The molecule has 0 aromatic heterocycles. The average Bonchev–Trinajstić information content (AvgIpc) is 2.90. The summed E-state index contributed by atoms with van der Waals surface area (Å²) in [5.41, 5.74) is -1.10. The van der Waals surface area contributed by atoms with Crippen molar-refractivity contribution in [2.75, 3.05) is 0 Å². The molecule has 0 radical (unpaired) electrons. The lowest BCUT2D eigenvalue weighted by Gasteiger charge is -2.43. The molecule has 7 atom stereocenters. The molecule has 0 spiro atoms. The first-order valence-corrected chi connectivity index (χ1v) is 8.85. The minimum absolute atomic E-state index is 0.127. The van der Waals surface area contributed by atoms with Crippen LogP contribution >= 0.6 is 0 Å². The van der Waals surface area contributed by atoms with E-state index in [0.717, 1.165) is 32.1 Å². The highest BCUT2D eigenvalue weighted by Crippen LogP contribution is 2.57. The van der Waals surface area contributed by atoms with Gasteiger partial charge in [0.25, 0.3) is 0 Å². The summed E-state index contributed by atoms with van der Waals surface area (Å²) in [5.74, 6) is 0.992. The molecule has 1 aliphatic heterocycles. The van der Waals surface area contributed by atoms with Crippen molar-refractivity contribution in [2.24, 2.45) is 23.2 Å². The van der Waals surface area contributed by atoms with E-state index in [4.69, 9.17) is 4.74 Å². The Bertz CT molecular complexity index is 446. The van der Waals surface area contributed by atoms with Crippen molar-refractivity contribution in [3.05, 3.63) is 0 Å². The zero-order valence-electron chi connectivity index (χ0n) is 14.0. The molecule has 1 unspecified atom stereocenters. The lowest BCUT2D eigenvalue weighted by molar-refractivity contribution is -0.154. The van der Waals surface area contributed by atoms with E-state index in [9.17, 15) is 15.0 Å². The van der Waals surface area contributed by atoms with E-state index in [1.165, 1.54) is 6.42 Å². The lowest BCUT2D eigenvalue weighted by atomic mass is 9.63. The van der Waals surface area contributed by atoms with Gasteiger partial charge in [-0.3, -0.25) is 0 Å². The Labute approximate surface area is 133 Å². The SMILES string of the molecule is CC(C[C@@H]1C[C@](C)(O)C(=O)O1)[C@@]1(C)CC[C@H]2[C@H](O)CCC[C@@H]21. The van der Waals surface area contributed by atoms with Gasteiger partial charge in [0.15, 0.2) is 5.60 Å². The quantitative estimate of drug-likeness (QED) is 0.787. The first-order valence-electron chi connectivity index (χ1n) is 8.85. The summed E-state index contributed by atoms with van der Waals surface area (Å²) < 4.78 is 5.37. The van der Waals surface area contributed by atoms with Crippen molar-refractivity contribution in [1.82, 2.24) is 0 Å². The number of ether oxygens (including phenoxy) is 1. The third-order valence-corrected chi connectivity index (χ3v) is 6.97. The Morgan fingerprint density at radius 2 is 2.05 bits per heavy atom. The van der Waals surface area contributed by atoms with E-state index in [1.807, 2.05) is 0 Å². The first kappa shape index (κ1) is 16.3. The van der Waals surface area contributed by atoms with Crippen LogP contribution in [0.15, 0.2) is 0 Å². The van der Waals surface area contributed by atoms with E-state index in [2.05, 4.69) is 13.8 Å². The molecule has 0 aromatic rings. The van der Waals surface area contributed by atoms with Crippen LogP contribution in [0.4, 0.5) is 0 Å². The standard InChI is InChI=1S/C18H30O4/c1-11(9-12-10-18(3,21)16(20)22-12)17(2)8-7-13-14(17)5-4-6-15(13)19/h11-15,19,21H,4-10H2,1-3H3/t11?,12-,13-,14+,15-,17-,18+/m1/s1. The Morgan fingerprint density at radius 1 is 1.32 bits per heavy atom. The number of fused-ring (bicyclic) bond motifs is 1. The number of aliphatic hydroxyl groups excluding tert-OH is 1. The maximum absolute atomic E-state index is 11.7. The van der Waals surface area contributed by atoms with Gasteiger partial charge in [0.2, 0.25) is 0 Å². The summed E-state index contributed by atoms with van der Waals surface area (Å²) in [5, 5.41) is 20.3. The Kier molecular flexibility index (Phi) is 4.05. The van der Waals surface area contributed by atoms with E-state index in [1.54, 1.807) is 6.92 Å². The van der Waals surface area contributed by atoms with Crippen molar-refractivity contribution < 1.29 is 19.7 Å². The van der Waals surface area contributed by atoms with Crippen LogP contribution in [-0.4, -0.2) is 34.0 Å². The number of aliphatic hydroxyl groups is 2. The van der Waals surface area contributed by atoms with Crippen LogP contribution in [0.5, 0.6) is 0 Å². The molecule has 2 aliphatic carbocycles. The highest BCUT2D eigenvalue weighted by Gasteiger charge is 2.52. The zero-order chi connectivity index (χ0) is 16.1. The van der Waals surface area contributed by atoms with Crippen LogP contribution in [0.1, 0.15) is 65.7 Å². The monoisotopic (exact) mass is 310 g/mol. The number of cyclic esters (lactones) is 1. The van der Waals surface area contributed by atoms with E-state index in [-0.39, 0.29) is 17.6 Å². The number of hydrogen-bond donors (Lipinski definition) is 2. The molecule has 3 fully saturated rings. The van der Waals surface area contributed by atoms with Crippen LogP contribution < -0.4 is 0 Å². The van der Waals surface area contributed by atoms with Gasteiger partial charge in [-0.1, -0.05) is 20.3 Å². The van der Waals surface area contributed by atoms with Crippen molar-refractivity contribution in [3.8, 4) is 0 Å². The van der Waals surface area contributed by atoms with Gasteiger partial charge in [0.1, 0.15) is 6.10 Å². The molecule has 4 heteroatoms. The number of esters is 1. The molecule has 0 aromatic carbocycles. The van der Waals surface area contributed by atoms with Crippen molar-refractivity contribution in [3.63, 3.8) is 0 Å². The molecule has 3 aliphatic rings. The number of rotatable bonds is 3. The Morgan fingerprint density at radius 3 is 2.68 bits per heavy atom. The van der Waals surface area contributed by atoms with Crippen LogP contribution in [0.25, 0.3) is 0 Å². The summed E-state index contributed by atoms with van der Waals surface area (Å²) in [6.45, 7) is 6.16. The maximum Gasteiger partial charge on any atom is 0.338 e. The molecular formula is C18H30O4. The first-order chi connectivity index (χ1) is 10.2. The normalized spacial score (nSPS) is 49.8. The average molecular weight is 310 g/mol. The molecule has 0 amide bonds. The predicted octanol–water partition coefficient (Wildman–Crippen LogP) is 2.66. The van der Waals surface area contributed by atoms with Crippen molar-refractivity contribution in [2.45, 2.75) is 83.5 Å². The smallest absolute Gasteiger partial charge is 0.338 e. The molecule has 1 saturated heterocycles. The molecule has 126 valence electrons. The second-order valence-electron chi connectivity index (χ2n) is 8.46. The fraction of sp³-hybridized carbons (Fsp3) is 0.944. The summed E-state index contributed by atoms with van der Waals surface area (Å²) in [6, 6.07) is 0. The van der Waals surface area contributed by atoms with E-state index in [0.29, 0.717) is 24.2 Å². The van der Waals surface area contributed by atoms with Gasteiger partial charge >= 0.3 is 5.97 Å². The second kappa shape index (κ2) is 5.48. The lowest BCUT2D eigenvalue weighted by Crippen LogP contribution is -2.39. The minimum atomic E-state index is -1.31. The van der Waals surface area contributed by atoms with Gasteiger partial charge < -0.3 is 14.9 Å². The van der Waals surface area contributed by atoms with Crippen molar-refractivity contribution >= 4 is 5.97 Å². The maximum atomic E-state index is 11.7. The molecule has 2 saturated carbocycles. The van der Waals surface area contributed by atoms with Crippen molar-refractivity contribution in [1.29, 1.82) is 0 Å². The third kappa shape index (κ3) is 2.58. The van der Waals surface area contributed by atoms with Gasteiger partial charge in [-0.05, 0) is 62.2 Å². The Balaban J connectivity index is 1.67. The number of hydrogen-bond acceptors (Lipinski definition) is 4. The van der Waals surface area contributed by atoms with Gasteiger partial charge in [-0.15, -0.1) is 0 Å². The third-order valence-electron chi connectivity index (χ3n) is 6.97. The molecular weight excluding hydrogens is 280 g/mol. The molecule has 2 N–H and O–H groups in total. The van der Waals surface area contributed by atoms with Gasteiger partial charge in [0.05, 0.1) is 6.10 Å². The molecule has 0 bridgehead atoms. The summed E-state index contributed by atoms with van der Waals surface area (Å²) in [4.78, 5) is 11.7. The summed E-state index contributed by atoms with van der Waals surface area (Å²) in [6.07, 6.45) is 6.49. The molecule has 22 heavy (non-hydrogen) atoms. The van der Waals surface area contributed by atoms with Gasteiger partial charge in [-0.2, -0.15) is 0 Å². The fourth-order valence-corrected chi connectivity index (χ4v) is 5.37. The number of carbonyl (C=O) groups excluding carboxylic acids is 1. The highest BCUT2D eigenvalue weighted by atomic mass is 16.6. The van der Waals surface area contributed by atoms with Crippen LogP contribution in [0.2, 0.25) is 0 Å². The topological polar surface area (TPSA) is 66.8 Å². The van der Waals surface area contributed by atoms with Gasteiger partial charge in [-0.25, -0.2) is 4.79 Å². The van der Waals surface area contributed by atoms with Crippen LogP contribution in [0, 0.1) is 23.2 Å².